The second-order valence-corrected chi connectivity index (χ2v) is 7.15. The Kier molecular flexibility index (Phi) is 6.43. The van der Waals surface area contributed by atoms with Gasteiger partial charge in [-0.25, -0.2) is 0 Å². The molecule has 4 heteroatoms. The molecule has 28 heavy (non-hydrogen) atoms. The molecule has 144 valence electrons. The lowest BCUT2D eigenvalue weighted by Crippen LogP contribution is -2.33. The number of carbonyl (C=O) groups is 1. The van der Waals surface area contributed by atoms with Crippen molar-refractivity contribution >= 4 is 5.91 Å². The number of aryl methyl sites for hydroxylation is 1. The molecule has 3 rings (SSSR count). The molecule has 1 amide bonds. The maximum absolute atomic E-state index is 12.7. The van der Waals surface area contributed by atoms with Gasteiger partial charge in [0.15, 0.2) is 6.61 Å². The average Bonchev–Trinajstić information content (AvgIpc) is 2.71. The number of carbonyl (C=O) groups excluding carboxylic acids is 1. The van der Waals surface area contributed by atoms with Gasteiger partial charge in [0.25, 0.3) is 5.91 Å². The van der Waals surface area contributed by atoms with E-state index in [4.69, 9.17) is 4.74 Å². The van der Waals surface area contributed by atoms with Gasteiger partial charge in [-0.3, -0.25) is 9.78 Å². The average molecular weight is 374 g/mol. The Hall–Kier alpha value is -3.14. The van der Waals surface area contributed by atoms with Crippen molar-refractivity contribution in [2.75, 3.05) is 6.61 Å². The molecule has 1 N–H and O–H groups in total. The van der Waals surface area contributed by atoms with Crippen LogP contribution in [0.15, 0.2) is 72.9 Å². The maximum atomic E-state index is 12.7. The summed E-state index contributed by atoms with van der Waals surface area (Å²) in [6.45, 7) is 6.21. The summed E-state index contributed by atoms with van der Waals surface area (Å²) in [5, 5.41) is 3.06. The summed E-state index contributed by atoms with van der Waals surface area (Å²) in [4.78, 5) is 17.1. The quantitative estimate of drug-likeness (QED) is 0.646. The second-order valence-electron chi connectivity index (χ2n) is 7.15. The first-order valence-electron chi connectivity index (χ1n) is 9.53. The van der Waals surface area contributed by atoms with E-state index in [1.807, 2.05) is 61.5 Å². The maximum Gasteiger partial charge on any atom is 0.258 e. The van der Waals surface area contributed by atoms with Crippen molar-refractivity contribution in [1.82, 2.24) is 10.3 Å². The minimum Gasteiger partial charge on any atom is -0.483 e. The second kappa shape index (κ2) is 9.18. The minimum atomic E-state index is -0.319. The number of nitrogens with zero attached hydrogens (tertiary/aromatic N) is 1. The fourth-order valence-electron chi connectivity index (χ4n) is 3.11. The highest BCUT2D eigenvalue weighted by Crippen LogP contribution is 2.27. The third-order valence-electron chi connectivity index (χ3n) is 4.57. The number of ether oxygens (including phenoxy) is 1. The van der Waals surface area contributed by atoms with Crippen molar-refractivity contribution in [2.45, 2.75) is 32.7 Å². The molecule has 2 aromatic carbocycles. The summed E-state index contributed by atoms with van der Waals surface area (Å²) >= 11 is 0. The van der Waals surface area contributed by atoms with Crippen LogP contribution in [0.5, 0.6) is 5.75 Å². The highest BCUT2D eigenvalue weighted by atomic mass is 16.5. The zero-order chi connectivity index (χ0) is 19.9. The topological polar surface area (TPSA) is 51.2 Å². The SMILES string of the molecule is Cc1ccc(C(C)C)c(OCC(=O)N[C@@H](c2ccccc2)c2ccccn2)c1. The Labute approximate surface area is 166 Å². The number of hydrogen-bond acceptors (Lipinski definition) is 3. The fraction of sp³-hybridized carbons (Fsp3) is 0.250. The molecule has 0 aliphatic heterocycles. The lowest BCUT2D eigenvalue weighted by Gasteiger charge is -2.20. The lowest BCUT2D eigenvalue weighted by atomic mass is 10.0. The summed E-state index contributed by atoms with van der Waals surface area (Å²) in [5.41, 5.74) is 3.98. The number of rotatable bonds is 7. The number of amides is 1. The Morgan fingerprint density at radius 2 is 1.79 bits per heavy atom. The summed E-state index contributed by atoms with van der Waals surface area (Å²) in [5.74, 6) is 0.902. The molecule has 4 nitrogen and oxygen atoms in total. The zero-order valence-corrected chi connectivity index (χ0v) is 16.6. The van der Waals surface area contributed by atoms with Gasteiger partial charge in [0.05, 0.1) is 11.7 Å². The van der Waals surface area contributed by atoms with Gasteiger partial charge in [-0.1, -0.05) is 62.4 Å². The highest BCUT2D eigenvalue weighted by molar-refractivity contribution is 5.78. The summed E-state index contributed by atoms with van der Waals surface area (Å²) in [6, 6.07) is 21.3. The number of nitrogens with one attached hydrogen (secondary N) is 1. The van der Waals surface area contributed by atoms with E-state index in [-0.39, 0.29) is 18.6 Å². The third kappa shape index (κ3) is 4.97. The number of benzene rings is 2. The van der Waals surface area contributed by atoms with Crippen LogP contribution in [-0.2, 0) is 4.79 Å². The Morgan fingerprint density at radius 1 is 1.04 bits per heavy atom. The van der Waals surface area contributed by atoms with E-state index < -0.39 is 0 Å². The Morgan fingerprint density at radius 3 is 2.46 bits per heavy atom. The van der Waals surface area contributed by atoms with E-state index in [0.717, 1.165) is 28.1 Å². The van der Waals surface area contributed by atoms with Crippen LogP contribution in [0.3, 0.4) is 0 Å². The van der Waals surface area contributed by atoms with Crippen molar-refractivity contribution in [3.8, 4) is 5.75 Å². The van der Waals surface area contributed by atoms with Gasteiger partial charge in [0, 0.05) is 6.20 Å². The molecule has 0 bridgehead atoms. The predicted octanol–water partition coefficient (Wildman–Crippen LogP) is 4.80. The van der Waals surface area contributed by atoms with Crippen LogP contribution in [0, 0.1) is 6.92 Å². The first-order chi connectivity index (χ1) is 13.5. The van der Waals surface area contributed by atoms with Crippen molar-refractivity contribution < 1.29 is 9.53 Å². The summed E-state index contributed by atoms with van der Waals surface area (Å²) in [7, 11) is 0. The van der Waals surface area contributed by atoms with Crippen molar-refractivity contribution in [1.29, 1.82) is 0 Å². The van der Waals surface area contributed by atoms with Crippen LogP contribution in [-0.4, -0.2) is 17.5 Å². The fourth-order valence-corrected chi connectivity index (χ4v) is 3.11. The molecule has 0 aliphatic carbocycles. The first kappa shape index (κ1) is 19.6. The summed E-state index contributed by atoms with van der Waals surface area (Å²) in [6.07, 6.45) is 1.73. The number of pyridine rings is 1. The van der Waals surface area contributed by atoms with Crippen LogP contribution in [0.25, 0.3) is 0 Å². The van der Waals surface area contributed by atoms with Gasteiger partial charge in [-0.15, -0.1) is 0 Å². The Bertz CT molecular complexity index is 869. The molecule has 1 aromatic heterocycles. The van der Waals surface area contributed by atoms with E-state index >= 15 is 0 Å². The third-order valence-corrected chi connectivity index (χ3v) is 4.57. The molecule has 0 saturated heterocycles. The normalized spacial score (nSPS) is 11.9. The molecule has 0 spiro atoms. The number of aromatic nitrogens is 1. The van der Waals surface area contributed by atoms with Crippen molar-refractivity contribution in [2.24, 2.45) is 0 Å². The Balaban J connectivity index is 1.74. The van der Waals surface area contributed by atoms with Crippen LogP contribution >= 0.6 is 0 Å². The van der Waals surface area contributed by atoms with Gasteiger partial charge >= 0.3 is 0 Å². The van der Waals surface area contributed by atoms with E-state index in [9.17, 15) is 4.79 Å². The van der Waals surface area contributed by atoms with E-state index in [1.54, 1.807) is 6.20 Å². The van der Waals surface area contributed by atoms with Crippen LogP contribution < -0.4 is 10.1 Å². The van der Waals surface area contributed by atoms with E-state index in [0.29, 0.717) is 5.92 Å². The minimum absolute atomic E-state index is 0.0423. The van der Waals surface area contributed by atoms with Gasteiger partial charge in [-0.2, -0.15) is 0 Å². The van der Waals surface area contributed by atoms with Crippen LogP contribution in [0.2, 0.25) is 0 Å². The molecular formula is C24H26N2O2. The van der Waals surface area contributed by atoms with Gasteiger partial charge in [-0.05, 0) is 47.7 Å². The van der Waals surface area contributed by atoms with Gasteiger partial charge < -0.3 is 10.1 Å². The molecule has 0 aliphatic rings. The summed E-state index contributed by atoms with van der Waals surface area (Å²) < 4.78 is 5.88. The van der Waals surface area contributed by atoms with Gasteiger partial charge in [0.2, 0.25) is 0 Å². The largest absolute Gasteiger partial charge is 0.483 e. The van der Waals surface area contributed by atoms with Crippen LogP contribution in [0.1, 0.15) is 48.2 Å². The molecule has 0 fully saturated rings. The molecular weight excluding hydrogens is 348 g/mol. The monoisotopic (exact) mass is 374 g/mol. The zero-order valence-electron chi connectivity index (χ0n) is 16.6. The highest BCUT2D eigenvalue weighted by Gasteiger charge is 2.18. The molecule has 0 radical (unpaired) electrons. The van der Waals surface area contributed by atoms with Crippen LogP contribution in [0.4, 0.5) is 0 Å². The number of hydrogen-bond donors (Lipinski definition) is 1. The first-order valence-corrected chi connectivity index (χ1v) is 9.53. The van der Waals surface area contributed by atoms with E-state index in [1.165, 1.54) is 0 Å². The molecule has 0 unspecified atom stereocenters. The predicted molar refractivity (Wildman–Crippen MR) is 111 cm³/mol. The molecule has 0 saturated carbocycles. The van der Waals surface area contributed by atoms with Gasteiger partial charge in [0.1, 0.15) is 5.75 Å². The molecule has 1 heterocycles. The smallest absolute Gasteiger partial charge is 0.258 e. The van der Waals surface area contributed by atoms with E-state index in [2.05, 4.69) is 36.3 Å². The molecule has 3 aromatic rings. The van der Waals surface area contributed by atoms with Crippen molar-refractivity contribution in [3.05, 3.63) is 95.3 Å². The van der Waals surface area contributed by atoms with Crippen molar-refractivity contribution in [3.63, 3.8) is 0 Å². The standard InChI is InChI=1S/C24H26N2O2/c1-17(2)20-13-12-18(3)15-22(20)28-16-23(27)26-24(19-9-5-4-6-10-19)21-11-7-8-14-25-21/h4-15,17,24H,16H2,1-3H3,(H,26,27)/t24-/m0/s1. The lowest BCUT2D eigenvalue weighted by molar-refractivity contribution is -0.123. The molecule has 1 atom stereocenters.